The van der Waals surface area contributed by atoms with Crippen LogP contribution in [0.4, 0.5) is 26.6 Å². The molecule has 0 saturated heterocycles. The van der Waals surface area contributed by atoms with Gasteiger partial charge in [0.1, 0.15) is 11.6 Å². The van der Waals surface area contributed by atoms with Crippen molar-refractivity contribution in [2.24, 2.45) is 0 Å². The second-order valence-electron chi connectivity index (χ2n) is 8.02. The van der Waals surface area contributed by atoms with Gasteiger partial charge in [0.2, 0.25) is 17.8 Å². The number of rotatable bonds is 13. The number of methoxy groups -OCH3 is 2. The van der Waals surface area contributed by atoms with E-state index >= 15 is 0 Å². The van der Waals surface area contributed by atoms with Crippen molar-refractivity contribution in [2.45, 2.75) is 19.4 Å². The summed E-state index contributed by atoms with van der Waals surface area (Å²) < 4.78 is 38.3. The maximum atomic E-state index is 14.1. The molecule has 194 valence electrons. The fraction of sp³-hybridized carbons (Fsp3) is 0.280. The summed E-state index contributed by atoms with van der Waals surface area (Å²) in [4.78, 5) is 20.2. The minimum atomic E-state index is -0.521. The molecule has 0 unspecified atom stereocenters. The second kappa shape index (κ2) is 12.5. The number of ether oxygens (including phenoxy) is 2. The van der Waals surface area contributed by atoms with Crippen molar-refractivity contribution in [3.8, 4) is 11.5 Å². The number of benzene rings is 2. The Bertz CT molecular complexity index is 1300. The van der Waals surface area contributed by atoms with Crippen molar-refractivity contribution < 1.29 is 18.3 Å². The summed E-state index contributed by atoms with van der Waals surface area (Å²) in [6.45, 7) is 1.09. The molecule has 0 spiro atoms. The molecule has 2 heterocycles. The van der Waals surface area contributed by atoms with E-state index < -0.39 is 11.6 Å². The summed E-state index contributed by atoms with van der Waals surface area (Å²) in [5, 5.41) is 9.32. The van der Waals surface area contributed by atoms with E-state index in [2.05, 4.69) is 40.9 Å². The molecule has 0 aliphatic rings. The van der Waals surface area contributed by atoms with E-state index in [0.29, 0.717) is 49.3 Å². The summed E-state index contributed by atoms with van der Waals surface area (Å²) in [5.41, 5.74) is 2.17. The molecule has 0 saturated carbocycles. The van der Waals surface area contributed by atoms with Crippen LogP contribution < -0.4 is 25.4 Å². The van der Waals surface area contributed by atoms with Crippen LogP contribution in [-0.4, -0.2) is 52.2 Å². The number of aromatic nitrogens is 5. The Kier molecular flexibility index (Phi) is 8.63. The minimum absolute atomic E-state index is 0.00622. The van der Waals surface area contributed by atoms with Gasteiger partial charge in [-0.1, -0.05) is 6.07 Å². The lowest BCUT2D eigenvalue weighted by Gasteiger charge is -2.12. The first-order valence-electron chi connectivity index (χ1n) is 11.6. The zero-order chi connectivity index (χ0) is 26.0. The van der Waals surface area contributed by atoms with Crippen molar-refractivity contribution in [2.75, 3.05) is 43.3 Å². The number of hydrogen-bond donors (Lipinski definition) is 4. The summed E-state index contributed by atoms with van der Waals surface area (Å²) in [6.07, 6.45) is 4.72. The standard InChI is InChI=1S/C25H28F2N8O2/c1-36-21-6-3-16(11-22(21)37-2)7-9-29-23-33-24(30-10-8-19-14-28-15-32-19)35-25(34-23)31-13-17-12-18(26)4-5-20(17)27/h3-6,11-12,14-15H,7-10,13H2,1-2H3,(H,28,32)(H3,29,30,31,33,34,35). The van der Waals surface area contributed by atoms with Crippen LogP contribution in [0.25, 0.3) is 0 Å². The molecule has 0 aliphatic heterocycles. The molecule has 2 aromatic carbocycles. The quantitative estimate of drug-likeness (QED) is 0.213. The van der Waals surface area contributed by atoms with E-state index in [1.807, 2.05) is 18.2 Å². The van der Waals surface area contributed by atoms with Gasteiger partial charge in [-0.05, 0) is 42.3 Å². The topological polar surface area (TPSA) is 122 Å². The van der Waals surface area contributed by atoms with Crippen LogP contribution in [0.15, 0.2) is 48.9 Å². The van der Waals surface area contributed by atoms with Crippen LogP contribution >= 0.6 is 0 Å². The largest absolute Gasteiger partial charge is 0.493 e. The van der Waals surface area contributed by atoms with Crippen molar-refractivity contribution >= 4 is 17.8 Å². The number of nitrogens with one attached hydrogen (secondary N) is 4. The van der Waals surface area contributed by atoms with E-state index in [0.717, 1.165) is 29.5 Å². The second-order valence-corrected chi connectivity index (χ2v) is 8.02. The van der Waals surface area contributed by atoms with Gasteiger partial charge in [-0.2, -0.15) is 15.0 Å². The van der Waals surface area contributed by atoms with Crippen molar-refractivity contribution in [1.29, 1.82) is 0 Å². The zero-order valence-electron chi connectivity index (χ0n) is 20.5. The maximum absolute atomic E-state index is 14.1. The van der Waals surface area contributed by atoms with Gasteiger partial charge >= 0.3 is 0 Å². The first-order valence-corrected chi connectivity index (χ1v) is 11.6. The molecule has 0 aliphatic carbocycles. The molecular weight excluding hydrogens is 482 g/mol. The van der Waals surface area contributed by atoms with Crippen molar-refractivity contribution in [3.63, 3.8) is 0 Å². The molecule has 37 heavy (non-hydrogen) atoms. The predicted octanol–water partition coefficient (Wildman–Crippen LogP) is 3.81. The fourth-order valence-corrected chi connectivity index (χ4v) is 3.55. The molecule has 0 fully saturated rings. The smallest absolute Gasteiger partial charge is 0.229 e. The maximum Gasteiger partial charge on any atom is 0.229 e. The molecular formula is C25H28F2N8O2. The van der Waals surface area contributed by atoms with Crippen LogP contribution in [0.5, 0.6) is 11.5 Å². The summed E-state index contributed by atoms with van der Waals surface area (Å²) in [7, 11) is 3.19. The highest BCUT2D eigenvalue weighted by Crippen LogP contribution is 2.27. The fourth-order valence-electron chi connectivity index (χ4n) is 3.55. The van der Waals surface area contributed by atoms with E-state index in [1.54, 1.807) is 26.7 Å². The van der Waals surface area contributed by atoms with Crippen LogP contribution in [0.3, 0.4) is 0 Å². The number of halogens is 2. The normalized spacial score (nSPS) is 10.7. The van der Waals surface area contributed by atoms with E-state index in [9.17, 15) is 8.78 Å². The van der Waals surface area contributed by atoms with Crippen LogP contribution in [0.2, 0.25) is 0 Å². The Morgan fingerprint density at radius 1 is 0.811 bits per heavy atom. The Morgan fingerprint density at radius 2 is 1.51 bits per heavy atom. The molecule has 10 nitrogen and oxygen atoms in total. The molecule has 2 aromatic heterocycles. The average molecular weight is 511 g/mol. The summed E-state index contributed by atoms with van der Waals surface area (Å²) >= 11 is 0. The molecule has 4 aromatic rings. The van der Waals surface area contributed by atoms with Crippen molar-refractivity contribution in [3.05, 3.63) is 77.4 Å². The molecule has 0 amide bonds. The summed E-state index contributed by atoms with van der Waals surface area (Å²) in [5.74, 6) is 1.16. The average Bonchev–Trinajstić information content (AvgIpc) is 3.42. The Balaban J connectivity index is 1.43. The number of nitrogens with zero attached hydrogens (tertiary/aromatic N) is 4. The number of H-pyrrole nitrogens is 1. The highest BCUT2D eigenvalue weighted by Gasteiger charge is 2.10. The van der Waals surface area contributed by atoms with E-state index in [4.69, 9.17) is 9.47 Å². The Morgan fingerprint density at radius 3 is 2.19 bits per heavy atom. The number of imidazole rings is 1. The van der Waals surface area contributed by atoms with E-state index in [-0.39, 0.29) is 18.1 Å². The lowest BCUT2D eigenvalue weighted by Crippen LogP contribution is -2.15. The van der Waals surface area contributed by atoms with Crippen LogP contribution in [0.1, 0.15) is 16.8 Å². The zero-order valence-corrected chi connectivity index (χ0v) is 20.5. The molecule has 4 N–H and O–H groups in total. The third-order valence-electron chi connectivity index (χ3n) is 5.46. The molecule has 12 heteroatoms. The predicted molar refractivity (Wildman–Crippen MR) is 136 cm³/mol. The Labute approximate surface area is 212 Å². The first kappa shape index (κ1) is 25.6. The number of aromatic amines is 1. The minimum Gasteiger partial charge on any atom is -0.493 e. The number of anilines is 3. The van der Waals surface area contributed by atoms with E-state index in [1.165, 1.54) is 0 Å². The molecule has 4 rings (SSSR count). The van der Waals surface area contributed by atoms with Gasteiger partial charge in [-0.15, -0.1) is 0 Å². The van der Waals surface area contributed by atoms with Crippen molar-refractivity contribution in [1.82, 2.24) is 24.9 Å². The summed E-state index contributed by atoms with van der Waals surface area (Å²) in [6, 6.07) is 9.02. The molecule has 0 radical (unpaired) electrons. The van der Waals surface area contributed by atoms with Gasteiger partial charge in [0.15, 0.2) is 11.5 Å². The highest BCUT2D eigenvalue weighted by molar-refractivity contribution is 5.44. The van der Waals surface area contributed by atoms with Gasteiger partial charge in [-0.25, -0.2) is 13.8 Å². The van der Waals surface area contributed by atoms with Crippen LogP contribution in [0, 0.1) is 11.6 Å². The first-order chi connectivity index (χ1) is 18.0. The van der Waals surface area contributed by atoms with Gasteiger partial charge in [0.05, 0.1) is 20.5 Å². The van der Waals surface area contributed by atoms with Gasteiger partial charge in [0.25, 0.3) is 0 Å². The number of hydrogen-bond acceptors (Lipinski definition) is 9. The molecule has 0 atom stereocenters. The van der Waals surface area contributed by atoms with Gasteiger partial charge < -0.3 is 30.4 Å². The third-order valence-corrected chi connectivity index (χ3v) is 5.46. The lowest BCUT2D eigenvalue weighted by atomic mass is 10.1. The van der Waals surface area contributed by atoms with Crippen LogP contribution in [-0.2, 0) is 19.4 Å². The third kappa shape index (κ3) is 7.26. The SMILES string of the molecule is COc1ccc(CCNc2nc(NCCc3cnc[nH]3)nc(NCc3cc(F)ccc3F)n2)cc1OC. The monoisotopic (exact) mass is 510 g/mol. The lowest BCUT2D eigenvalue weighted by molar-refractivity contribution is 0.354. The van der Waals surface area contributed by atoms with Gasteiger partial charge in [-0.3, -0.25) is 0 Å². The molecule has 0 bridgehead atoms. The Hall–Kier alpha value is -4.48. The highest BCUT2D eigenvalue weighted by atomic mass is 19.1. The van der Waals surface area contributed by atoms with Gasteiger partial charge in [0, 0.05) is 43.5 Å².